The Hall–Kier alpha value is -1.12. The maximum absolute atomic E-state index is 13.9. The van der Waals surface area contributed by atoms with Crippen LogP contribution in [-0.2, 0) is 0 Å². The van der Waals surface area contributed by atoms with Crippen molar-refractivity contribution in [3.63, 3.8) is 0 Å². The van der Waals surface area contributed by atoms with Gasteiger partial charge in [-0.05, 0) is 35.1 Å². The lowest BCUT2D eigenvalue weighted by molar-refractivity contribution is 0.613. The van der Waals surface area contributed by atoms with Crippen molar-refractivity contribution in [1.82, 2.24) is 5.32 Å². The Balaban J connectivity index is 2.99. The average Bonchev–Trinajstić information content (AvgIpc) is 2.29. The lowest BCUT2D eigenvalue weighted by Crippen LogP contribution is -2.27. The van der Waals surface area contributed by atoms with Crippen molar-refractivity contribution in [1.29, 1.82) is 5.26 Å². The maximum atomic E-state index is 13.9. The molecule has 1 aromatic carbocycles. The summed E-state index contributed by atoms with van der Waals surface area (Å²) in [6, 6.07) is 5.16. The zero-order valence-electron chi connectivity index (χ0n) is 9.22. The second kappa shape index (κ2) is 5.83. The Bertz CT molecular complexity index is 414. The van der Waals surface area contributed by atoms with E-state index in [9.17, 15) is 4.39 Å². The number of hydrogen-bond donors (Lipinski definition) is 1. The van der Waals surface area contributed by atoms with Crippen LogP contribution in [-0.4, -0.2) is 27.2 Å². The number of likely N-dealkylation sites (N-methyl/N-ethyl adjacent to an activating group) is 2. The number of benzene rings is 1. The minimum absolute atomic E-state index is 0.226. The molecule has 16 heavy (non-hydrogen) atoms. The molecule has 86 valence electrons. The van der Waals surface area contributed by atoms with Gasteiger partial charge in [0.15, 0.2) is 5.82 Å². The van der Waals surface area contributed by atoms with Crippen molar-refractivity contribution in [2.45, 2.75) is 0 Å². The first-order valence-corrected chi connectivity index (χ1v) is 5.65. The predicted octanol–water partition coefficient (Wildman–Crippen LogP) is 2.12. The summed E-state index contributed by atoms with van der Waals surface area (Å²) in [6.07, 6.45) is 0. The van der Waals surface area contributed by atoms with E-state index in [1.54, 1.807) is 17.0 Å². The fourth-order valence-corrected chi connectivity index (χ4v) is 1.74. The second-order valence-electron chi connectivity index (χ2n) is 3.40. The minimum Gasteiger partial charge on any atom is -0.371 e. The zero-order valence-corrected chi connectivity index (χ0v) is 10.8. The van der Waals surface area contributed by atoms with Gasteiger partial charge in [-0.1, -0.05) is 0 Å². The van der Waals surface area contributed by atoms with Crippen LogP contribution >= 0.6 is 15.9 Å². The van der Waals surface area contributed by atoms with E-state index in [0.29, 0.717) is 17.8 Å². The Morgan fingerprint density at radius 2 is 2.25 bits per heavy atom. The number of nitriles is 1. The fourth-order valence-electron chi connectivity index (χ4n) is 1.32. The normalized spacial score (nSPS) is 9.94. The van der Waals surface area contributed by atoms with E-state index in [0.717, 1.165) is 6.54 Å². The van der Waals surface area contributed by atoms with E-state index < -0.39 is 5.82 Å². The van der Waals surface area contributed by atoms with Gasteiger partial charge in [0.05, 0.1) is 15.7 Å². The monoisotopic (exact) mass is 285 g/mol. The van der Waals surface area contributed by atoms with Crippen LogP contribution in [0, 0.1) is 17.1 Å². The second-order valence-corrected chi connectivity index (χ2v) is 4.19. The van der Waals surface area contributed by atoms with Crippen LogP contribution in [0.15, 0.2) is 16.6 Å². The summed E-state index contributed by atoms with van der Waals surface area (Å²) in [4.78, 5) is 1.80. The van der Waals surface area contributed by atoms with Crippen LogP contribution in [0.3, 0.4) is 0 Å². The molecule has 0 aromatic heterocycles. The molecule has 3 nitrogen and oxygen atoms in total. The lowest BCUT2D eigenvalue weighted by Gasteiger charge is -2.20. The van der Waals surface area contributed by atoms with Gasteiger partial charge in [-0.2, -0.15) is 5.26 Å². The fraction of sp³-hybridized carbons (Fsp3) is 0.364. The molecule has 0 heterocycles. The molecule has 0 amide bonds. The third-order valence-corrected chi connectivity index (χ3v) is 3.07. The van der Waals surface area contributed by atoms with Crippen molar-refractivity contribution in [2.24, 2.45) is 0 Å². The summed E-state index contributed by atoms with van der Waals surface area (Å²) in [5.41, 5.74) is 0.796. The molecule has 0 spiro atoms. The van der Waals surface area contributed by atoms with Crippen molar-refractivity contribution < 1.29 is 4.39 Å². The molecule has 5 heteroatoms. The average molecular weight is 286 g/mol. The molecule has 0 fully saturated rings. The highest BCUT2D eigenvalue weighted by atomic mass is 79.9. The molecular weight excluding hydrogens is 273 g/mol. The van der Waals surface area contributed by atoms with E-state index in [1.807, 2.05) is 20.2 Å². The molecular formula is C11H13BrFN3. The Kier molecular flexibility index (Phi) is 4.71. The van der Waals surface area contributed by atoms with Gasteiger partial charge >= 0.3 is 0 Å². The Morgan fingerprint density at radius 1 is 1.56 bits per heavy atom. The molecule has 0 saturated heterocycles. The maximum Gasteiger partial charge on any atom is 0.161 e. The summed E-state index contributed by atoms with van der Waals surface area (Å²) in [6.45, 7) is 1.47. The van der Waals surface area contributed by atoms with E-state index in [2.05, 4.69) is 21.2 Å². The molecule has 0 saturated carbocycles. The largest absolute Gasteiger partial charge is 0.371 e. The summed E-state index contributed by atoms with van der Waals surface area (Å²) in [5.74, 6) is -0.391. The van der Waals surface area contributed by atoms with Gasteiger partial charge < -0.3 is 10.2 Å². The molecule has 0 aliphatic carbocycles. The van der Waals surface area contributed by atoms with E-state index in [4.69, 9.17) is 5.26 Å². The van der Waals surface area contributed by atoms with Gasteiger partial charge in [0.1, 0.15) is 6.07 Å². The third kappa shape index (κ3) is 2.71. The molecule has 1 rings (SSSR count). The van der Waals surface area contributed by atoms with Crippen LogP contribution in [0.5, 0.6) is 0 Å². The highest BCUT2D eigenvalue weighted by molar-refractivity contribution is 9.10. The zero-order chi connectivity index (χ0) is 12.1. The molecule has 0 aliphatic rings. The number of nitrogens with zero attached hydrogens (tertiary/aromatic N) is 2. The van der Waals surface area contributed by atoms with Crippen molar-refractivity contribution in [2.75, 3.05) is 32.1 Å². The van der Waals surface area contributed by atoms with Crippen LogP contribution < -0.4 is 10.2 Å². The van der Waals surface area contributed by atoms with Gasteiger partial charge in [0, 0.05) is 20.1 Å². The number of anilines is 1. The van der Waals surface area contributed by atoms with E-state index in [-0.39, 0.29) is 4.47 Å². The van der Waals surface area contributed by atoms with E-state index >= 15 is 0 Å². The summed E-state index contributed by atoms with van der Waals surface area (Å²) in [7, 11) is 3.66. The molecule has 0 atom stereocenters. The first-order valence-electron chi connectivity index (χ1n) is 4.85. The number of rotatable bonds is 4. The lowest BCUT2D eigenvalue weighted by atomic mass is 10.2. The quantitative estimate of drug-likeness (QED) is 0.921. The molecule has 1 aromatic rings. The predicted molar refractivity (Wildman–Crippen MR) is 66.0 cm³/mol. The van der Waals surface area contributed by atoms with E-state index in [1.165, 1.54) is 0 Å². The summed E-state index contributed by atoms with van der Waals surface area (Å²) < 4.78 is 14.1. The first kappa shape index (κ1) is 12.9. The van der Waals surface area contributed by atoms with Crippen LogP contribution in [0.2, 0.25) is 0 Å². The van der Waals surface area contributed by atoms with Gasteiger partial charge in [0.25, 0.3) is 0 Å². The molecule has 0 bridgehead atoms. The Morgan fingerprint density at radius 3 is 2.81 bits per heavy atom. The van der Waals surface area contributed by atoms with Crippen LogP contribution in [0.1, 0.15) is 5.56 Å². The van der Waals surface area contributed by atoms with Gasteiger partial charge in [-0.3, -0.25) is 0 Å². The minimum atomic E-state index is -0.391. The van der Waals surface area contributed by atoms with Gasteiger partial charge in [-0.15, -0.1) is 0 Å². The number of nitrogens with one attached hydrogen (secondary N) is 1. The Labute approximate surface area is 103 Å². The molecule has 0 aliphatic heterocycles. The molecule has 0 unspecified atom stereocenters. The van der Waals surface area contributed by atoms with Crippen molar-refractivity contribution >= 4 is 21.6 Å². The number of hydrogen-bond acceptors (Lipinski definition) is 3. The molecule has 0 radical (unpaired) electrons. The first-order chi connectivity index (χ1) is 7.61. The summed E-state index contributed by atoms with van der Waals surface area (Å²) in [5, 5.41) is 11.7. The van der Waals surface area contributed by atoms with Crippen LogP contribution in [0.4, 0.5) is 10.1 Å². The third-order valence-electron chi connectivity index (χ3n) is 2.29. The van der Waals surface area contributed by atoms with Gasteiger partial charge in [0.2, 0.25) is 0 Å². The van der Waals surface area contributed by atoms with Crippen molar-refractivity contribution in [3.8, 4) is 6.07 Å². The summed E-state index contributed by atoms with van der Waals surface area (Å²) >= 11 is 3.09. The number of halogens is 2. The van der Waals surface area contributed by atoms with Gasteiger partial charge in [-0.25, -0.2) is 4.39 Å². The highest BCUT2D eigenvalue weighted by Crippen LogP contribution is 2.28. The highest BCUT2D eigenvalue weighted by Gasteiger charge is 2.13. The SMILES string of the molecule is CNCCN(C)c1ccc(C#N)c(Br)c1F. The van der Waals surface area contributed by atoms with Crippen molar-refractivity contribution in [3.05, 3.63) is 28.0 Å². The van der Waals surface area contributed by atoms with Crippen LogP contribution in [0.25, 0.3) is 0 Å². The standard InChI is InChI=1S/C11H13BrFN3/c1-15-5-6-16(2)9-4-3-8(7-14)10(12)11(9)13/h3-4,15H,5-6H2,1-2H3. The smallest absolute Gasteiger partial charge is 0.161 e. The molecule has 1 N–H and O–H groups in total. The topological polar surface area (TPSA) is 39.1 Å².